The standard InChI is InChI=1S/C23H26FN3O/c24-18-10-8-12-21-22(18)20(26-14-6-2-1-3-7-15-26)13-16-27(21)19-11-5-4-9-17(19)23(25)28/h4-5,8-13,16,20H,1-3,6-7,14-15H2,(H2,25,28). The van der Waals surface area contributed by atoms with Gasteiger partial charge in [-0.15, -0.1) is 0 Å². The average molecular weight is 379 g/mol. The van der Waals surface area contributed by atoms with Crippen molar-refractivity contribution in [2.45, 2.75) is 38.1 Å². The summed E-state index contributed by atoms with van der Waals surface area (Å²) in [6.07, 6.45) is 10.0. The van der Waals surface area contributed by atoms with Gasteiger partial charge in [0.05, 0.1) is 23.0 Å². The number of amides is 1. The van der Waals surface area contributed by atoms with Gasteiger partial charge in [0.2, 0.25) is 0 Å². The van der Waals surface area contributed by atoms with Gasteiger partial charge in [0.1, 0.15) is 5.82 Å². The summed E-state index contributed by atoms with van der Waals surface area (Å²) in [5, 5.41) is 0. The largest absolute Gasteiger partial charge is 0.366 e. The van der Waals surface area contributed by atoms with Crippen LogP contribution in [0.2, 0.25) is 0 Å². The van der Waals surface area contributed by atoms with Gasteiger partial charge in [-0.05, 0) is 56.3 Å². The van der Waals surface area contributed by atoms with Crippen molar-refractivity contribution in [1.29, 1.82) is 0 Å². The topological polar surface area (TPSA) is 49.6 Å². The van der Waals surface area contributed by atoms with E-state index in [1.54, 1.807) is 18.2 Å². The summed E-state index contributed by atoms with van der Waals surface area (Å²) in [7, 11) is 0. The molecule has 1 fully saturated rings. The van der Waals surface area contributed by atoms with Crippen LogP contribution in [-0.2, 0) is 0 Å². The van der Waals surface area contributed by atoms with Crippen molar-refractivity contribution in [1.82, 2.24) is 4.90 Å². The highest BCUT2D eigenvalue weighted by atomic mass is 19.1. The number of anilines is 2. The van der Waals surface area contributed by atoms with Gasteiger partial charge in [-0.3, -0.25) is 9.69 Å². The molecule has 4 nitrogen and oxygen atoms in total. The molecule has 2 heterocycles. The number of hydrogen-bond acceptors (Lipinski definition) is 3. The first-order valence-corrected chi connectivity index (χ1v) is 10.1. The minimum absolute atomic E-state index is 0.0914. The van der Waals surface area contributed by atoms with Crippen LogP contribution in [-0.4, -0.2) is 23.9 Å². The Kier molecular flexibility index (Phi) is 5.44. The van der Waals surface area contributed by atoms with Gasteiger partial charge in [0, 0.05) is 11.8 Å². The van der Waals surface area contributed by atoms with Crippen molar-refractivity contribution >= 4 is 17.3 Å². The molecule has 2 aromatic carbocycles. The Morgan fingerprint density at radius 1 is 0.929 bits per heavy atom. The molecule has 1 unspecified atom stereocenters. The molecule has 0 saturated carbocycles. The molecule has 4 rings (SSSR count). The lowest BCUT2D eigenvalue weighted by molar-refractivity contribution is 0.100. The number of halogens is 1. The van der Waals surface area contributed by atoms with Crippen LogP contribution in [0.5, 0.6) is 0 Å². The minimum Gasteiger partial charge on any atom is -0.366 e. The monoisotopic (exact) mass is 379 g/mol. The third-order valence-corrected chi connectivity index (χ3v) is 5.72. The molecule has 1 atom stereocenters. The first-order chi connectivity index (χ1) is 13.7. The lowest BCUT2D eigenvalue weighted by Crippen LogP contribution is -2.34. The third-order valence-electron chi connectivity index (χ3n) is 5.72. The van der Waals surface area contributed by atoms with Crippen molar-refractivity contribution in [3.8, 4) is 0 Å². The predicted molar refractivity (Wildman–Crippen MR) is 110 cm³/mol. The molecule has 2 aliphatic heterocycles. The number of fused-ring (bicyclic) bond motifs is 1. The Hall–Kier alpha value is -2.66. The highest BCUT2D eigenvalue weighted by Gasteiger charge is 2.30. The van der Waals surface area contributed by atoms with Gasteiger partial charge >= 0.3 is 0 Å². The number of nitrogens with two attached hydrogens (primary N) is 1. The number of benzene rings is 2. The number of likely N-dealkylation sites (tertiary alicyclic amines) is 1. The Balaban J connectivity index is 1.77. The SMILES string of the molecule is NC(=O)c1ccccc1N1C=CC(N2CCCCCCC2)c2c(F)cccc21. The summed E-state index contributed by atoms with van der Waals surface area (Å²) in [6, 6.07) is 12.3. The Labute approximate surface area is 165 Å². The first kappa shape index (κ1) is 18.7. The van der Waals surface area contributed by atoms with Gasteiger partial charge in [-0.1, -0.05) is 37.5 Å². The van der Waals surface area contributed by atoms with Crippen LogP contribution in [0.15, 0.2) is 54.7 Å². The number of rotatable bonds is 3. The van der Waals surface area contributed by atoms with Crippen molar-refractivity contribution in [2.24, 2.45) is 5.73 Å². The zero-order valence-electron chi connectivity index (χ0n) is 16.0. The van der Waals surface area contributed by atoms with E-state index in [0.29, 0.717) is 16.8 Å². The van der Waals surface area contributed by atoms with Crippen molar-refractivity contribution in [2.75, 3.05) is 18.0 Å². The van der Waals surface area contributed by atoms with Gasteiger partial charge in [0.25, 0.3) is 5.91 Å². The predicted octanol–water partition coefficient (Wildman–Crippen LogP) is 4.90. The number of nitrogens with zero attached hydrogens (tertiary/aromatic N) is 2. The molecule has 0 spiro atoms. The quantitative estimate of drug-likeness (QED) is 0.825. The van der Waals surface area contributed by atoms with E-state index in [1.807, 2.05) is 35.4 Å². The van der Waals surface area contributed by atoms with E-state index in [4.69, 9.17) is 5.73 Å². The molecule has 2 aliphatic rings. The molecule has 146 valence electrons. The maximum atomic E-state index is 15.0. The Morgan fingerprint density at radius 3 is 2.36 bits per heavy atom. The summed E-state index contributed by atoms with van der Waals surface area (Å²) in [5.41, 5.74) is 8.11. The first-order valence-electron chi connectivity index (χ1n) is 10.1. The fraction of sp³-hybridized carbons (Fsp3) is 0.348. The van der Waals surface area contributed by atoms with E-state index in [9.17, 15) is 4.79 Å². The molecule has 0 aliphatic carbocycles. The Morgan fingerprint density at radius 2 is 1.61 bits per heavy atom. The molecule has 2 aromatic rings. The molecule has 0 aromatic heterocycles. The summed E-state index contributed by atoms with van der Waals surface area (Å²) >= 11 is 0. The van der Waals surface area contributed by atoms with E-state index in [1.165, 1.54) is 25.3 Å². The summed E-state index contributed by atoms with van der Waals surface area (Å²) in [6.45, 7) is 1.95. The Bertz CT molecular complexity index is 887. The van der Waals surface area contributed by atoms with E-state index in [-0.39, 0.29) is 11.9 Å². The van der Waals surface area contributed by atoms with Crippen molar-refractivity contribution < 1.29 is 9.18 Å². The van der Waals surface area contributed by atoms with E-state index >= 15 is 4.39 Å². The number of para-hydroxylation sites is 1. The van der Waals surface area contributed by atoms with Gasteiger partial charge in [-0.2, -0.15) is 0 Å². The fourth-order valence-electron chi connectivity index (χ4n) is 4.33. The zero-order chi connectivity index (χ0) is 19.5. The van der Waals surface area contributed by atoms with Crippen molar-refractivity contribution in [3.63, 3.8) is 0 Å². The normalized spacial score (nSPS) is 20.3. The second-order valence-electron chi connectivity index (χ2n) is 7.51. The van der Waals surface area contributed by atoms with Crippen LogP contribution in [0.25, 0.3) is 0 Å². The molecule has 28 heavy (non-hydrogen) atoms. The van der Waals surface area contributed by atoms with Crippen LogP contribution in [0.1, 0.15) is 54.1 Å². The van der Waals surface area contributed by atoms with E-state index in [2.05, 4.69) is 4.90 Å². The molecule has 0 bridgehead atoms. The molecule has 1 saturated heterocycles. The maximum Gasteiger partial charge on any atom is 0.250 e. The number of carbonyl (C=O) groups excluding carboxylic acids is 1. The fourth-order valence-corrected chi connectivity index (χ4v) is 4.33. The van der Waals surface area contributed by atoms with Gasteiger partial charge in [-0.25, -0.2) is 4.39 Å². The zero-order valence-corrected chi connectivity index (χ0v) is 16.0. The van der Waals surface area contributed by atoms with Crippen LogP contribution >= 0.6 is 0 Å². The van der Waals surface area contributed by atoms with Crippen molar-refractivity contribution in [3.05, 3.63) is 71.7 Å². The minimum atomic E-state index is -0.493. The van der Waals surface area contributed by atoms with Gasteiger partial charge < -0.3 is 10.6 Å². The molecular weight excluding hydrogens is 353 g/mol. The second-order valence-corrected chi connectivity index (χ2v) is 7.51. The number of primary amides is 1. The average Bonchev–Trinajstić information content (AvgIpc) is 2.67. The second kappa shape index (κ2) is 8.15. The van der Waals surface area contributed by atoms with E-state index < -0.39 is 5.91 Å². The van der Waals surface area contributed by atoms with Crippen LogP contribution in [0.3, 0.4) is 0 Å². The van der Waals surface area contributed by atoms with Gasteiger partial charge in [0.15, 0.2) is 0 Å². The van der Waals surface area contributed by atoms with Crippen LogP contribution in [0, 0.1) is 5.82 Å². The summed E-state index contributed by atoms with van der Waals surface area (Å²) in [4.78, 5) is 16.2. The number of carbonyl (C=O) groups is 1. The van der Waals surface area contributed by atoms with Crippen LogP contribution in [0.4, 0.5) is 15.8 Å². The smallest absolute Gasteiger partial charge is 0.250 e. The molecule has 1 amide bonds. The summed E-state index contributed by atoms with van der Waals surface area (Å²) in [5.74, 6) is -0.705. The van der Waals surface area contributed by atoms with Crippen LogP contribution < -0.4 is 10.6 Å². The summed E-state index contributed by atoms with van der Waals surface area (Å²) < 4.78 is 15.0. The number of hydrogen-bond donors (Lipinski definition) is 1. The molecule has 5 heteroatoms. The molecular formula is C23H26FN3O. The third kappa shape index (κ3) is 3.54. The molecule has 2 N–H and O–H groups in total. The lowest BCUT2D eigenvalue weighted by atomic mass is 9.95. The maximum absolute atomic E-state index is 15.0. The highest BCUT2D eigenvalue weighted by molar-refractivity contribution is 6.00. The highest BCUT2D eigenvalue weighted by Crippen LogP contribution is 2.42. The lowest BCUT2D eigenvalue weighted by Gasteiger charge is -2.38. The molecule has 0 radical (unpaired) electrons. The van der Waals surface area contributed by atoms with E-state index in [0.717, 1.165) is 31.6 Å².